The van der Waals surface area contributed by atoms with E-state index in [4.69, 9.17) is 9.47 Å². The van der Waals surface area contributed by atoms with Crippen molar-refractivity contribution >= 4 is 5.69 Å². The Morgan fingerprint density at radius 3 is 2.16 bits per heavy atom. The second-order valence-electron chi connectivity index (χ2n) is 4.02. The maximum absolute atomic E-state index is 5.72. The monoisotopic (exact) mass is 257 g/mol. The van der Waals surface area contributed by atoms with Crippen LogP contribution in [-0.4, -0.2) is 19.8 Å². The molecule has 1 N–H and O–H groups in total. The molecule has 0 aliphatic heterocycles. The van der Waals surface area contributed by atoms with Gasteiger partial charge >= 0.3 is 0 Å². The summed E-state index contributed by atoms with van der Waals surface area (Å²) in [5.74, 6) is 1.59. The Kier molecular flexibility index (Phi) is 5.11. The SMILES string of the molecule is CCOc1ccccc1OCCNc1ccccc1. The Labute approximate surface area is 114 Å². The van der Waals surface area contributed by atoms with Crippen LogP contribution in [0.1, 0.15) is 6.92 Å². The third kappa shape index (κ3) is 4.21. The molecule has 3 heteroatoms. The lowest BCUT2D eigenvalue weighted by Crippen LogP contribution is -2.11. The number of anilines is 1. The van der Waals surface area contributed by atoms with Gasteiger partial charge in [0.05, 0.1) is 6.61 Å². The largest absolute Gasteiger partial charge is 0.490 e. The van der Waals surface area contributed by atoms with Crippen LogP contribution in [0.5, 0.6) is 11.5 Å². The fraction of sp³-hybridized carbons (Fsp3) is 0.250. The minimum absolute atomic E-state index is 0.596. The van der Waals surface area contributed by atoms with Crippen molar-refractivity contribution in [2.45, 2.75) is 6.92 Å². The van der Waals surface area contributed by atoms with Gasteiger partial charge in [0.1, 0.15) is 6.61 Å². The van der Waals surface area contributed by atoms with E-state index in [1.165, 1.54) is 0 Å². The van der Waals surface area contributed by atoms with Crippen molar-refractivity contribution in [1.82, 2.24) is 0 Å². The van der Waals surface area contributed by atoms with E-state index >= 15 is 0 Å². The summed E-state index contributed by atoms with van der Waals surface area (Å²) in [5, 5.41) is 3.30. The van der Waals surface area contributed by atoms with Gasteiger partial charge in [-0.15, -0.1) is 0 Å². The predicted molar refractivity (Wildman–Crippen MR) is 78.0 cm³/mol. The molecular weight excluding hydrogens is 238 g/mol. The highest BCUT2D eigenvalue weighted by molar-refractivity contribution is 5.42. The second-order valence-corrected chi connectivity index (χ2v) is 4.02. The average molecular weight is 257 g/mol. The van der Waals surface area contributed by atoms with E-state index in [0.717, 1.165) is 23.7 Å². The molecule has 100 valence electrons. The molecule has 0 amide bonds. The van der Waals surface area contributed by atoms with Gasteiger partial charge in [0.15, 0.2) is 11.5 Å². The molecule has 0 atom stereocenters. The van der Waals surface area contributed by atoms with Gasteiger partial charge in [-0.25, -0.2) is 0 Å². The summed E-state index contributed by atoms with van der Waals surface area (Å²) in [6.07, 6.45) is 0. The van der Waals surface area contributed by atoms with E-state index in [2.05, 4.69) is 5.32 Å². The minimum Gasteiger partial charge on any atom is -0.490 e. The minimum atomic E-state index is 0.596. The molecule has 0 radical (unpaired) electrons. The molecule has 2 aromatic rings. The molecule has 0 aliphatic rings. The van der Waals surface area contributed by atoms with Crippen LogP contribution in [0.15, 0.2) is 54.6 Å². The number of hydrogen-bond acceptors (Lipinski definition) is 3. The molecule has 19 heavy (non-hydrogen) atoms. The number of benzene rings is 2. The Morgan fingerprint density at radius 2 is 1.47 bits per heavy atom. The van der Waals surface area contributed by atoms with Crippen LogP contribution < -0.4 is 14.8 Å². The Morgan fingerprint density at radius 1 is 0.842 bits per heavy atom. The van der Waals surface area contributed by atoms with Crippen molar-refractivity contribution in [2.24, 2.45) is 0 Å². The average Bonchev–Trinajstić information content (AvgIpc) is 2.47. The van der Waals surface area contributed by atoms with Crippen LogP contribution in [-0.2, 0) is 0 Å². The third-order valence-corrected chi connectivity index (χ3v) is 2.61. The van der Waals surface area contributed by atoms with Gasteiger partial charge in [-0.05, 0) is 31.2 Å². The van der Waals surface area contributed by atoms with Crippen molar-refractivity contribution in [3.05, 3.63) is 54.6 Å². The van der Waals surface area contributed by atoms with Gasteiger partial charge in [-0.1, -0.05) is 30.3 Å². The fourth-order valence-electron chi connectivity index (χ4n) is 1.76. The van der Waals surface area contributed by atoms with Crippen LogP contribution in [0, 0.1) is 0 Å². The van der Waals surface area contributed by atoms with Crippen LogP contribution in [0.3, 0.4) is 0 Å². The number of hydrogen-bond donors (Lipinski definition) is 1. The van der Waals surface area contributed by atoms with Crippen molar-refractivity contribution < 1.29 is 9.47 Å². The quantitative estimate of drug-likeness (QED) is 0.769. The summed E-state index contributed by atoms with van der Waals surface area (Å²) in [6, 6.07) is 17.8. The van der Waals surface area contributed by atoms with E-state index in [1.807, 2.05) is 61.5 Å². The third-order valence-electron chi connectivity index (χ3n) is 2.61. The summed E-state index contributed by atoms with van der Waals surface area (Å²) >= 11 is 0. The van der Waals surface area contributed by atoms with Gasteiger partial charge < -0.3 is 14.8 Å². The Hall–Kier alpha value is -2.16. The molecule has 0 spiro atoms. The maximum atomic E-state index is 5.72. The Bertz CT molecular complexity index is 485. The lowest BCUT2D eigenvalue weighted by atomic mass is 10.3. The molecule has 0 bridgehead atoms. The number of ether oxygens (including phenoxy) is 2. The topological polar surface area (TPSA) is 30.5 Å². The highest BCUT2D eigenvalue weighted by Crippen LogP contribution is 2.26. The number of nitrogens with one attached hydrogen (secondary N) is 1. The molecule has 0 aliphatic carbocycles. The van der Waals surface area contributed by atoms with Crippen molar-refractivity contribution in [3.8, 4) is 11.5 Å². The zero-order valence-electron chi connectivity index (χ0n) is 11.1. The normalized spacial score (nSPS) is 9.95. The lowest BCUT2D eigenvalue weighted by Gasteiger charge is -2.12. The van der Waals surface area contributed by atoms with E-state index in [9.17, 15) is 0 Å². The summed E-state index contributed by atoms with van der Waals surface area (Å²) in [4.78, 5) is 0. The molecular formula is C16H19NO2. The zero-order valence-corrected chi connectivity index (χ0v) is 11.1. The lowest BCUT2D eigenvalue weighted by molar-refractivity contribution is 0.284. The van der Waals surface area contributed by atoms with E-state index < -0.39 is 0 Å². The van der Waals surface area contributed by atoms with E-state index in [-0.39, 0.29) is 0 Å². The van der Waals surface area contributed by atoms with Gasteiger partial charge in [0.25, 0.3) is 0 Å². The van der Waals surface area contributed by atoms with Crippen LogP contribution in [0.25, 0.3) is 0 Å². The smallest absolute Gasteiger partial charge is 0.161 e. The zero-order chi connectivity index (χ0) is 13.3. The number of para-hydroxylation sites is 3. The second kappa shape index (κ2) is 7.31. The summed E-state index contributed by atoms with van der Waals surface area (Å²) in [6.45, 7) is 3.96. The first-order chi connectivity index (χ1) is 9.40. The van der Waals surface area contributed by atoms with Crippen molar-refractivity contribution in [2.75, 3.05) is 25.1 Å². The van der Waals surface area contributed by atoms with Gasteiger partial charge in [0, 0.05) is 12.2 Å². The van der Waals surface area contributed by atoms with Crippen molar-refractivity contribution in [1.29, 1.82) is 0 Å². The summed E-state index contributed by atoms with van der Waals surface area (Å²) < 4.78 is 11.2. The molecule has 0 fully saturated rings. The first-order valence-electron chi connectivity index (χ1n) is 6.53. The molecule has 3 nitrogen and oxygen atoms in total. The highest BCUT2D eigenvalue weighted by Gasteiger charge is 2.02. The molecule has 0 saturated heterocycles. The predicted octanol–water partition coefficient (Wildman–Crippen LogP) is 3.58. The standard InChI is InChI=1S/C16H19NO2/c1-2-18-15-10-6-7-11-16(15)19-13-12-17-14-8-4-3-5-9-14/h3-11,17H,2,12-13H2,1H3. The molecule has 0 heterocycles. The first kappa shape index (κ1) is 13.3. The molecule has 0 saturated carbocycles. The fourth-order valence-corrected chi connectivity index (χ4v) is 1.76. The maximum Gasteiger partial charge on any atom is 0.161 e. The van der Waals surface area contributed by atoms with Crippen LogP contribution >= 0.6 is 0 Å². The molecule has 2 aromatic carbocycles. The summed E-state index contributed by atoms with van der Waals surface area (Å²) in [5.41, 5.74) is 1.10. The Balaban J connectivity index is 1.79. The molecule has 0 aromatic heterocycles. The van der Waals surface area contributed by atoms with Crippen LogP contribution in [0.2, 0.25) is 0 Å². The van der Waals surface area contributed by atoms with Crippen LogP contribution in [0.4, 0.5) is 5.69 Å². The van der Waals surface area contributed by atoms with E-state index in [1.54, 1.807) is 0 Å². The first-order valence-corrected chi connectivity index (χ1v) is 6.53. The van der Waals surface area contributed by atoms with E-state index in [0.29, 0.717) is 13.2 Å². The number of rotatable bonds is 7. The highest BCUT2D eigenvalue weighted by atomic mass is 16.5. The molecule has 2 rings (SSSR count). The van der Waals surface area contributed by atoms with Crippen molar-refractivity contribution in [3.63, 3.8) is 0 Å². The van der Waals surface area contributed by atoms with Gasteiger partial charge in [-0.2, -0.15) is 0 Å². The van der Waals surface area contributed by atoms with Gasteiger partial charge in [-0.3, -0.25) is 0 Å². The molecule has 0 unspecified atom stereocenters. The summed E-state index contributed by atoms with van der Waals surface area (Å²) in [7, 11) is 0. The van der Waals surface area contributed by atoms with Gasteiger partial charge in [0.2, 0.25) is 0 Å².